The van der Waals surface area contributed by atoms with Crippen molar-refractivity contribution in [3.63, 3.8) is 0 Å². The predicted octanol–water partition coefficient (Wildman–Crippen LogP) is 3.89. The first kappa shape index (κ1) is 22.6. The van der Waals surface area contributed by atoms with Gasteiger partial charge in [0.1, 0.15) is 5.75 Å². The van der Waals surface area contributed by atoms with Gasteiger partial charge < -0.3 is 15.4 Å². The zero-order valence-corrected chi connectivity index (χ0v) is 19.1. The van der Waals surface area contributed by atoms with Crippen molar-refractivity contribution in [2.75, 3.05) is 21.5 Å². The van der Waals surface area contributed by atoms with Gasteiger partial charge in [0.25, 0.3) is 15.9 Å². The number of anilines is 3. The number of nitrogens with zero attached hydrogens (tertiary/aromatic N) is 1. The predicted molar refractivity (Wildman–Crippen MR) is 126 cm³/mol. The van der Waals surface area contributed by atoms with Crippen LogP contribution in [0.2, 0.25) is 5.02 Å². The third-order valence-electron chi connectivity index (χ3n) is 4.89. The van der Waals surface area contributed by atoms with E-state index in [0.717, 1.165) is 4.31 Å². The standard InChI is InChI=1S/C23H20ClN3O5S/c1-15(28)25-17-8-10-18(11-9-17)26-23(29)22-14-27(20-13-16(24)7-12-21(20)32-22)33(30,31)19-5-3-2-4-6-19/h2-13,22H,14H2,1H3,(H,25,28)(H,26,29). The number of hydrogen-bond donors (Lipinski definition) is 2. The lowest BCUT2D eigenvalue weighted by Crippen LogP contribution is -2.48. The van der Waals surface area contributed by atoms with Crippen LogP contribution in [0.25, 0.3) is 0 Å². The number of halogens is 1. The molecule has 0 aliphatic carbocycles. The van der Waals surface area contributed by atoms with Crippen LogP contribution >= 0.6 is 11.6 Å². The number of carbonyl (C=O) groups is 2. The summed E-state index contributed by atoms with van der Waals surface area (Å²) >= 11 is 6.11. The van der Waals surface area contributed by atoms with E-state index in [-0.39, 0.29) is 28.8 Å². The van der Waals surface area contributed by atoms with E-state index in [0.29, 0.717) is 16.4 Å². The second kappa shape index (κ2) is 9.13. The quantitative estimate of drug-likeness (QED) is 0.570. The van der Waals surface area contributed by atoms with Gasteiger partial charge in [0.15, 0.2) is 6.10 Å². The second-order valence-electron chi connectivity index (χ2n) is 7.32. The Bertz CT molecular complexity index is 1300. The fourth-order valence-electron chi connectivity index (χ4n) is 3.37. The first-order valence-corrected chi connectivity index (χ1v) is 11.8. The largest absolute Gasteiger partial charge is 0.476 e. The summed E-state index contributed by atoms with van der Waals surface area (Å²) in [4.78, 5) is 24.2. The Labute approximate surface area is 196 Å². The fraction of sp³-hybridized carbons (Fsp3) is 0.130. The van der Waals surface area contributed by atoms with Gasteiger partial charge in [-0.2, -0.15) is 0 Å². The van der Waals surface area contributed by atoms with E-state index >= 15 is 0 Å². The molecule has 4 rings (SSSR count). The van der Waals surface area contributed by atoms with Crippen LogP contribution in [0.15, 0.2) is 77.7 Å². The van der Waals surface area contributed by atoms with Gasteiger partial charge in [-0.15, -0.1) is 0 Å². The maximum atomic E-state index is 13.4. The molecule has 10 heteroatoms. The summed E-state index contributed by atoms with van der Waals surface area (Å²) in [6, 6.07) is 19.1. The number of carbonyl (C=O) groups excluding carboxylic acids is 2. The number of fused-ring (bicyclic) bond motifs is 1. The van der Waals surface area contributed by atoms with Crippen molar-refractivity contribution in [3.8, 4) is 5.75 Å². The maximum absolute atomic E-state index is 13.4. The van der Waals surface area contributed by atoms with Crippen LogP contribution in [0.1, 0.15) is 6.92 Å². The molecule has 1 aliphatic heterocycles. The van der Waals surface area contributed by atoms with Gasteiger partial charge in [-0.05, 0) is 54.6 Å². The average Bonchev–Trinajstić information content (AvgIpc) is 2.79. The van der Waals surface area contributed by atoms with Crippen molar-refractivity contribution in [2.45, 2.75) is 17.9 Å². The van der Waals surface area contributed by atoms with E-state index < -0.39 is 22.0 Å². The third kappa shape index (κ3) is 4.94. The molecule has 2 amide bonds. The molecule has 0 radical (unpaired) electrons. The highest BCUT2D eigenvalue weighted by atomic mass is 35.5. The topological polar surface area (TPSA) is 105 Å². The van der Waals surface area contributed by atoms with Gasteiger partial charge in [-0.25, -0.2) is 8.42 Å². The lowest BCUT2D eigenvalue weighted by Gasteiger charge is -2.34. The zero-order valence-electron chi connectivity index (χ0n) is 17.5. The summed E-state index contributed by atoms with van der Waals surface area (Å²) in [5.74, 6) is -0.497. The van der Waals surface area contributed by atoms with Crippen molar-refractivity contribution < 1.29 is 22.7 Å². The second-order valence-corrected chi connectivity index (χ2v) is 9.61. The van der Waals surface area contributed by atoms with Crippen LogP contribution in [-0.4, -0.2) is 32.9 Å². The Morgan fingerprint density at radius 1 is 0.970 bits per heavy atom. The van der Waals surface area contributed by atoms with Gasteiger partial charge >= 0.3 is 0 Å². The molecule has 2 N–H and O–H groups in total. The van der Waals surface area contributed by atoms with Crippen molar-refractivity contribution in [1.82, 2.24) is 0 Å². The monoisotopic (exact) mass is 485 g/mol. The minimum Gasteiger partial charge on any atom is -0.476 e. The Morgan fingerprint density at radius 3 is 2.24 bits per heavy atom. The van der Waals surface area contributed by atoms with E-state index in [1.54, 1.807) is 48.5 Å². The van der Waals surface area contributed by atoms with Gasteiger partial charge in [-0.1, -0.05) is 29.8 Å². The molecule has 1 atom stereocenters. The number of benzene rings is 3. The number of ether oxygens (including phenoxy) is 1. The van der Waals surface area contributed by atoms with Gasteiger partial charge in [0, 0.05) is 23.3 Å². The first-order chi connectivity index (χ1) is 15.7. The van der Waals surface area contributed by atoms with Gasteiger partial charge in [-0.3, -0.25) is 13.9 Å². The lowest BCUT2D eigenvalue weighted by molar-refractivity contribution is -0.122. The van der Waals surface area contributed by atoms with E-state index in [9.17, 15) is 18.0 Å². The minimum atomic E-state index is -3.97. The van der Waals surface area contributed by atoms with Crippen molar-refractivity contribution >= 4 is 50.5 Å². The van der Waals surface area contributed by atoms with Crippen LogP contribution in [0.3, 0.4) is 0 Å². The molecule has 170 valence electrons. The normalized spacial score (nSPS) is 15.2. The number of sulfonamides is 1. The minimum absolute atomic E-state index is 0.0885. The molecule has 0 saturated carbocycles. The van der Waals surface area contributed by atoms with Gasteiger partial charge in [0.05, 0.1) is 17.1 Å². The fourth-order valence-corrected chi connectivity index (χ4v) is 5.03. The molecule has 3 aromatic carbocycles. The smallest absolute Gasteiger partial charge is 0.267 e. The van der Waals surface area contributed by atoms with Crippen LogP contribution < -0.4 is 19.7 Å². The highest BCUT2D eigenvalue weighted by molar-refractivity contribution is 7.92. The highest BCUT2D eigenvalue weighted by Gasteiger charge is 2.37. The van der Waals surface area contributed by atoms with Crippen LogP contribution in [0.4, 0.5) is 17.1 Å². The number of rotatable bonds is 5. The molecular weight excluding hydrogens is 466 g/mol. The molecule has 1 unspecified atom stereocenters. The molecule has 8 nitrogen and oxygen atoms in total. The molecule has 0 spiro atoms. The Kier molecular flexibility index (Phi) is 6.26. The Balaban J connectivity index is 1.61. The first-order valence-electron chi connectivity index (χ1n) is 9.96. The highest BCUT2D eigenvalue weighted by Crippen LogP contribution is 2.39. The summed E-state index contributed by atoms with van der Waals surface area (Å²) < 4.78 is 33.7. The molecular formula is C23H20ClN3O5S. The Hall–Kier alpha value is -3.56. The summed E-state index contributed by atoms with van der Waals surface area (Å²) in [7, 11) is -3.97. The van der Waals surface area contributed by atoms with E-state index in [1.807, 2.05) is 0 Å². The summed E-state index contributed by atoms with van der Waals surface area (Å²) in [6.07, 6.45) is -1.10. The summed E-state index contributed by atoms with van der Waals surface area (Å²) in [5, 5.41) is 5.70. The molecule has 33 heavy (non-hydrogen) atoms. The van der Waals surface area contributed by atoms with E-state index in [1.165, 1.54) is 31.2 Å². The SMILES string of the molecule is CC(=O)Nc1ccc(NC(=O)C2CN(S(=O)(=O)c3ccccc3)c3cc(Cl)ccc3O2)cc1. The molecule has 0 aromatic heterocycles. The molecule has 1 aliphatic rings. The van der Waals surface area contributed by atoms with Crippen LogP contribution in [0.5, 0.6) is 5.75 Å². The lowest BCUT2D eigenvalue weighted by atomic mass is 10.2. The third-order valence-corrected chi connectivity index (χ3v) is 6.92. The van der Waals surface area contributed by atoms with Crippen molar-refractivity contribution in [2.24, 2.45) is 0 Å². The molecule has 0 bridgehead atoms. The molecule has 0 fully saturated rings. The summed E-state index contributed by atoms with van der Waals surface area (Å²) in [5.41, 5.74) is 1.31. The van der Waals surface area contributed by atoms with Crippen molar-refractivity contribution in [1.29, 1.82) is 0 Å². The number of amides is 2. The van der Waals surface area contributed by atoms with Crippen LogP contribution in [-0.2, 0) is 19.6 Å². The number of hydrogen-bond acceptors (Lipinski definition) is 5. The number of nitrogens with one attached hydrogen (secondary N) is 2. The summed E-state index contributed by atoms with van der Waals surface area (Å²) in [6.45, 7) is 1.16. The van der Waals surface area contributed by atoms with Gasteiger partial charge in [0.2, 0.25) is 5.91 Å². The van der Waals surface area contributed by atoms with Crippen molar-refractivity contribution in [3.05, 3.63) is 77.8 Å². The maximum Gasteiger partial charge on any atom is 0.267 e. The van der Waals surface area contributed by atoms with E-state index in [2.05, 4.69) is 10.6 Å². The van der Waals surface area contributed by atoms with Crippen LogP contribution in [0, 0.1) is 0 Å². The average molecular weight is 486 g/mol. The molecule has 0 saturated heterocycles. The zero-order chi connectivity index (χ0) is 23.6. The molecule has 3 aromatic rings. The van der Waals surface area contributed by atoms with E-state index in [4.69, 9.17) is 16.3 Å². The molecule has 1 heterocycles. The Morgan fingerprint density at radius 2 is 1.61 bits per heavy atom.